The number of hydrogen-bond acceptors (Lipinski definition) is 2. The molecule has 2 aromatic rings. The van der Waals surface area contributed by atoms with Crippen LogP contribution in [0, 0.1) is 13.8 Å². The number of anilines is 1. The van der Waals surface area contributed by atoms with E-state index in [9.17, 15) is 4.79 Å². The average Bonchev–Trinajstić information content (AvgIpc) is 2.47. The molecule has 0 aliphatic heterocycles. The first-order chi connectivity index (χ1) is 9.97. The van der Waals surface area contributed by atoms with Gasteiger partial charge in [0.2, 0.25) is 0 Å². The van der Waals surface area contributed by atoms with E-state index in [4.69, 9.17) is 0 Å². The molecule has 0 atom stereocenters. The minimum Gasteiger partial charge on any atom is -0.381 e. The van der Waals surface area contributed by atoms with Gasteiger partial charge in [-0.25, -0.2) is 0 Å². The van der Waals surface area contributed by atoms with Crippen molar-refractivity contribution in [1.29, 1.82) is 0 Å². The summed E-state index contributed by atoms with van der Waals surface area (Å²) in [6.07, 6.45) is 0. The second-order valence-corrected chi connectivity index (χ2v) is 5.57. The van der Waals surface area contributed by atoms with E-state index in [1.165, 1.54) is 11.1 Å². The van der Waals surface area contributed by atoms with Gasteiger partial charge in [-0.3, -0.25) is 4.79 Å². The van der Waals surface area contributed by atoms with Gasteiger partial charge in [0.05, 0.1) is 0 Å². The summed E-state index contributed by atoms with van der Waals surface area (Å²) in [4.78, 5) is 13.6. The van der Waals surface area contributed by atoms with Gasteiger partial charge >= 0.3 is 0 Å². The molecular weight excluding hydrogens is 260 g/mol. The molecule has 0 bridgehead atoms. The third kappa shape index (κ3) is 3.85. The van der Waals surface area contributed by atoms with Crippen LogP contribution in [0.5, 0.6) is 0 Å². The molecule has 110 valence electrons. The van der Waals surface area contributed by atoms with E-state index in [2.05, 4.69) is 36.5 Å². The molecule has 3 nitrogen and oxygen atoms in total. The highest BCUT2D eigenvalue weighted by Crippen LogP contribution is 2.19. The van der Waals surface area contributed by atoms with Gasteiger partial charge in [0, 0.05) is 31.9 Å². The molecule has 0 unspecified atom stereocenters. The van der Waals surface area contributed by atoms with Gasteiger partial charge in [0.25, 0.3) is 5.91 Å². The summed E-state index contributed by atoms with van der Waals surface area (Å²) in [5.41, 5.74) is 5.33. The lowest BCUT2D eigenvalue weighted by Crippen LogP contribution is -2.21. The van der Waals surface area contributed by atoms with E-state index in [-0.39, 0.29) is 5.91 Å². The first-order valence-corrected chi connectivity index (χ1v) is 7.09. The highest BCUT2D eigenvalue weighted by molar-refractivity contribution is 5.95. The van der Waals surface area contributed by atoms with E-state index in [1.807, 2.05) is 25.1 Å². The maximum Gasteiger partial charge on any atom is 0.253 e. The van der Waals surface area contributed by atoms with Crippen molar-refractivity contribution in [2.75, 3.05) is 19.4 Å². The number of hydrogen-bond donors (Lipinski definition) is 1. The van der Waals surface area contributed by atoms with Crippen molar-refractivity contribution < 1.29 is 4.79 Å². The molecule has 0 saturated carbocycles. The quantitative estimate of drug-likeness (QED) is 0.929. The topological polar surface area (TPSA) is 32.3 Å². The van der Waals surface area contributed by atoms with Gasteiger partial charge in [0.1, 0.15) is 0 Å². The van der Waals surface area contributed by atoms with Gasteiger partial charge in [-0.05, 0) is 37.1 Å². The Morgan fingerprint density at radius 2 is 1.71 bits per heavy atom. The number of nitrogens with one attached hydrogen (secondary N) is 1. The summed E-state index contributed by atoms with van der Waals surface area (Å²) in [7, 11) is 3.53. The largest absolute Gasteiger partial charge is 0.381 e. The first-order valence-electron chi connectivity index (χ1n) is 7.09. The predicted octanol–water partition coefficient (Wildman–Crippen LogP) is 3.62. The van der Waals surface area contributed by atoms with Crippen molar-refractivity contribution in [1.82, 2.24) is 4.90 Å². The second-order valence-electron chi connectivity index (χ2n) is 5.57. The molecule has 0 saturated heterocycles. The van der Waals surface area contributed by atoms with Gasteiger partial charge in [-0.15, -0.1) is 0 Å². The molecule has 0 spiro atoms. The summed E-state index contributed by atoms with van der Waals surface area (Å²) < 4.78 is 0. The Morgan fingerprint density at radius 3 is 2.33 bits per heavy atom. The van der Waals surface area contributed by atoms with E-state index < -0.39 is 0 Å². The minimum absolute atomic E-state index is 0.0217. The summed E-state index contributed by atoms with van der Waals surface area (Å²) in [6.45, 7) is 4.87. The third-order valence-electron chi connectivity index (χ3n) is 3.49. The maximum absolute atomic E-state index is 12.0. The number of benzene rings is 2. The van der Waals surface area contributed by atoms with Crippen molar-refractivity contribution in [2.24, 2.45) is 0 Å². The number of nitrogens with zero attached hydrogens (tertiary/aromatic N) is 1. The molecule has 3 heteroatoms. The van der Waals surface area contributed by atoms with E-state index in [0.717, 1.165) is 17.8 Å². The summed E-state index contributed by atoms with van der Waals surface area (Å²) in [6, 6.07) is 14.2. The van der Waals surface area contributed by atoms with Crippen LogP contribution < -0.4 is 5.32 Å². The van der Waals surface area contributed by atoms with Crippen molar-refractivity contribution in [3.63, 3.8) is 0 Å². The van der Waals surface area contributed by atoms with Crippen molar-refractivity contribution in [3.05, 3.63) is 64.7 Å². The van der Waals surface area contributed by atoms with E-state index in [1.54, 1.807) is 19.0 Å². The zero-order chi connectivity index (χ0) is 15.4. The molecule has 0 aliphatic rings. The van der Waals surface area contributed by atoms with Crippen LogP contribution in [0.3, 0.4) is 0 Å². The first kappa shape index (κ1) is 15.1. The van der Waals surface area contributed by atoms with Gasteiger partial charge in [-0.1, -0.05) is 35.9 Å². The molecule has 0 fully saturated rings. The number of carbonyl (C=O) groups excluding carboxylic acids is 1. The SMILES string of the molecule is Cc1ccc(CNc2cc(C(=O)N(C)C)ccc2C)cc1. The monoisotopic (exact) mass is 282 g/mol. The van der Waals surface area contributed by atoms with Crippen LogP contribution in [0.15, 0.2) is 42.5 Å². The lowest BCUT2D eigenvalue weighted by atomic mass is 10.1. The Hall–Kier alpha value is -2.29. The lowest BCUT2D eigenvalue weighted by molar-refractivity contribution is 0.0827. The highest BCUT2D eigenvalue weighted by Gasteiger charge is 2.09. The van der Waals surface area contributed by atoms with Gasteiger partial charge in [-0.2, -0.15) is 0 Å². The lowest BCUT2D eigenvalue weighted by Gasteiger charge is -2.14. The van der Waals surface area contributed by atoms with E-state index in [0.29, 0.717) is 5.56 Å². The maximum atomic E-state index is 12.0. The zero-order valence-corrected chi connectivity index (χ0v) is 13.1. The minimum atomic E-state index is 0.0217. The smallest absolute Gasteiger partial charge is 0.253 e. The Balaban J connectivity index is 2.14. The molecule has 0 radical (unpaired) electrons. The average molecular weight is 282 g/mol. The molecule has 0 heterocycles. The van der Waals surface area contributed by atoms with Crippen LogP contribution in [0.4, 0.5) is 5.69 Å². The number of aryl methyl sites for hydroxylation is 2. The zero-order valence-electron chi connectivity index (χ0n) is 13.1. The Kier molecular flexibility index (Phi) is 4.63. The van der Waals surface area contributed by atoms with Crippen molar-refractivity contribution in [3.8, 4) is 0 Å². The predicted molar refractivity (Wildman–Crippen MR) is 87.7 cm³/mol. The fourth-order valence-corrected chi connectivity index (χ4v) is 2.11. The van der Waals surface area contributed by atoms with Crippen LogP contribution in [-0.4, -0.2) is 24.9 Å². The molecule has 0 aromatic heterocycles. The molecule has 21 heavy (non-hydrogen) atoms. The summed E-state index contributed by atoms with van der Waals surface area (Å²) in [5, 5.41) is 3.41. The molecule has 1 amide bonds. The fraction of sp³-hybridized carbons (Fsp3) is 0.278. The number of carbonyl (C=O) groups is 1. The number of rotatable bonds is 4. The summed E-state index contributed by atoms with van der Waals surface area (Å²) in [5.74, 6) is 0.0217. The Morgan fingerprint density at radius 1 is 1.05 bits per heavy atom. The molecule has 1 N–H and O–H groups in total. The van der Waals surface area contributed by atoms with Crippen molar-refractivity contribution in [2.45, 2.75) is 20.4 Å². The molecular formula is C18H22N2O. The molecule has 2 aromatic carbocycles. The van der Waals surface area contributed by atoms with Crippen LogP contribution in [0.2, 0.25) is 0 Å². The Labute approximate surface area is 126 Å². The standard InChI is InChI=1S/C18H22N2O/c1-13-5-8-15(9-6-13)12-19-17-11-16(10-7-14(17)2)18(21)20(3)4/h5-11,19H,12H2,1-4H3. The van der Waals surface area contributed by atoms with Gasteiger partial charge < -0.3 is 10.2 Å². The third-order valence-corrected chi connectivity index (χ3v) is 3.49. The van der Waals surface area contributed by atoms with Crippen LogP contribution in [0.25, 0.3) is 0 Å². The van der Waals surface area contributed by atoms with Crippen LogP contribution in [-0.2, 0) is 6.54 Å². The van der Waals surface area contributed by atoms with Crippen molar-refractivity contribution >= 4 is 11.6 Å². The normalized spacial score (nSPS) is 10.3. The second kappa shape index (κ2) is 6.44. The molecule has 2 rings (SSSR count). The Bertz CT molecular complexity index is 630. The molecule has 0 aliphatic carbocycles. The number of amides is 1. The highest BCUT2D eigenvalue weighted by atomic mass is 16.2. The van der Waals surface area contributed by atoms with E-state index >= 15 is 0 Å². The van der Waals surface area contributed by atoms with Crippen LogP contribution in [0.1, 0.15) is 27.0 Å². The van der Waals surface area contributed by atoms with Gasteiger partial charge in [0.15, 0.2) is 0 Å². The van der Waals surface area contributed by atoms with Crippen LogP contribution >= 0.6 is 0 Å². The fourth-order valence-electron chi connectivity index (χ4n) is 2.11. The summed E-state index contributed by atoms with van der Waals surface area (Å²) >= 11 is 0.